The molecule has 9 heavy (non-hydrogen) atoms. The molecule has 2 N–H and O–H groups in total. The van der Waals surface area contributed by atoms with Gasteiger partial charge >= 0.3 is 0 Å². The molecule has 0 atom stereocenters. The molecular formula is C6H11N3. The third-order valence-corrected chi connectivity index (χ3v) is 0.791. The molecular weight excluding hydrogens is 114 g/mol. The predicted molar refractivity (Wildman–Crippen MR) is 39.0 cm³/mol. The van der Waals surface area contributed by atoms with E-state index in [-0.39, 0.29) is 0 Å². The van der Waals surface area contributed by atoms with E-state index in [1.54, 1.807) is 4.90 Å². The second kappa shape index (κ2) is 3.79. The number of rotatable bonds is 1. The van der Waals surface area contributed by atoms with E-state index < -0.39 is 0 Å². The van der Waals surface area contributed by atoms with Crippen molar-refractivity contribution in [2.75, 3.05) is 20.6 Å². The molecule has 0 heterocycles. The SMILES string of the molecule is C#CCN=C(N)N(C)C. The Bertz CT molecular complexity index is 141. The standard InChI is InChI=1S/C6H11N3/c1-4-5-8-6(7)9(2)3/h1H,5H2,2-3H3,(H2,7,8). The second-order valence-corrected chi connectivity index (χ2v) is 1.77. The van der Waals surface area contributed by atoms with Gasteiger partial charge in [-0.15, -0.1) is 6.42 Å². The van der Waals surface area contributed by atoms with Gasteiger partial charge in [0.05, 0.1) is 0 Å². The number of terminal acetylenes is 1. The molecule has 0 bridgehead atoms. The summed E-state index contributed by atoms with van der Waals surface area (Å²) in [4.78, 5) is 5.53. The normalized spacial score (nSPS) is 10.6. The van der Waals surface area contributed by atoms with E-state index in [0.717, 1.165) is 0 Å². The van der Waals surface area contributed by atoms with Crippen LogP contribution in [0.25, 0.3) is 0 Å². The Kier molecular flexibility index (Phi) is 3.29. The molecule has 0 aliphatic rings. The lowest BCUT2D eigenvalue weighted by atomic mass is 10.7. The van der Waals surface area contributed by atoms with Crippen LogP contribution in [-0.2, 0) is 0 Å². The average molecular weight is 125 g/mol. The number of hydrogen-bond acceptors (Lipinski definition) is 1. The van der Waals surface area contributed by atoms with Crippen molar-refractivity contribution in [3.05, 3.63) is 0 Å². The van der Waals surface area contributed by atoms with Crippen LogP contribution in [0.2, 0.25) is 0 Å². The van der Waals surface area contributed by atoms with E-state index >= 15 is 0 Å². The van der Waals surface area contributed by atoms with Gasteiger partial charge < -0.3 is 10.6 Å². The molecule has 0 fully saturated rings. The van der Waals surface area contributed by atoms with Gasteiger partial charge in [-0.3, -0.25) is 0 Å². The molecule has 0 spiro atoms. The largest absolute Gasteiger partial charge is 0.370 e. The van der Waals surface area contributed by atoms with Gasteiger partial charge in [-0.25, -0.2) is 4.99 Å². The zero-order chi connectivity index (χ0) is 7.28. The van der Waals surface area contributed by atoms with Crippen molar-refractivity contribution in [3.63, 3.8) is 0 Å². The van der Waals surface area contributed by atoms with Crippen LogP contribution in [0.15, 0.2) is 4.99 Å². The molecule has 0 aromatic heterocycles. The fourth-order valence-corrected chi connectivity index (χ4v) is 0.268. The zero-order valence-corrected chi connectivity index (χ0v) is 5.76. The van der Waals surface area contributed by atoms with Crippen LogP contribution in [0.3, 0.4) is 0 Å². The number of aliphatic imine (C=N–C) groups is 1. The van der Waals surface area contributed by atoms with E-state index in [0.29, 0.717) is 12.5 Å². The van der Waals surface area contributed by atoms with Crippen LogP contribution < -0.4 is 5.73 Å². The fraction of sp³-hybridized carbons (Fsp3) is 0.500. The molecule has 0 saturated heterocycles. The van der Waals surface area contributed by atoms with Crippen molar-refractivity contribution in [1.29, 1.82) is 0 Å². The summed E-state index contributed by atoms with van der Waals surface area (Å²) < 4.78 is 0. The van der Waals surface area contributed by atoms with Crippen LogP contribution in [0.1, 0.15) is 0 Å². The maximum atomic E-state index is 5.38. The number of hydrogen-bond donors (Lipinski definition) is 1. The lowest BCUT2D eigenvalue weighted by Gasteiger charge is -2.08. The van der Waals surface area contributed by atoms with Crippen molar-refractivity contribution in [3.8, 4) is 12.3 Å². The first-order valence-electron chi connectivity index (χ1n) is 2.59. The number of guanidine groups is 1. The molecule has 0 radical (unpaired) electrons. The van der Waals surface area contributed by atoms with Crippen molar-refractivity contribution >= 4 is 5.96 Å². The lowest BCUT2D eigenvalue weighted by molar-refractivity contribution is 0.612. The average Bonchev–Trinajstić information content (AvgIpc) is 1.82. The first-order chi connectivity index (χ1) is 4.18. The van der Waals surface area contributed by atoms with Crippen molar-refractivity contribution < 1.29 is 0 Å². The summed E-state index contributed by atoms with van der Waals surface area (Å²) in [6, 6.07) is 0. The van der Waals surface area contributed by atoms with Gasteiger partial charge in [0.15, 0.2) is 5.96 Å². The lowest BCUT2D eigenvalue weighted by Crippen LogP contribution is -2.30. The van der Waals surface area contributed by atoms with Crippen LogP contribution in [0.5, 0.6) is 0 Å². The van der Waals surface area contributed by atoms with Crippen LogP contribution in [0.4, 0.5) is 0 Å². The Balaban J connectivity index is 3.73. The summed E-state index contributed by atoms with van der Waals surface area (Å²) in [5.74, 6) is 2.83. The molecule has 0 aliphatic heterocycles. The molecule has 0 aromatic carbocycles. The minimum atomic E-state index is 0.351. The zero-order valence-electron chi connectivity index (χ0n) is 5.76. The Hall–Kier alpha value is -1.17. The maximum absolute atomic E-state index is 5.38. The highest BCUT2D eigenvalue weighted by atomic mass is 15.2. The smallest absolute Gasteiger partial charge is 0.191 e. The molecule has 3 nitrogen and oxygen atoms in total. The molecule has 0 aromatic rings. The van der Waals surface area contributed by atoms with Crippen LogP contribution in [-0.4, -0.2) is 31.5 Å². The van der Waals surface area contributed by atoms with Gasteiger partial charge in [-0.2, -0.15) is 0 Å². The summed E-state index contributed by atoms with van der Waals surface area (Å²) in [7, 11) is 3.63. The van der Waals surface area contributed by atoms with Crippen molar-refractivity contribution in [2.45, 2.75) is 0 Å². The quantitative estimate of drug-likeness (QED) is 0.291. The Morgan fingerprint density at radius 3 is 2.67 bits per heavy atom. The summed E-state index contributed by atoms with van der Waals surface area (Å²) in [6.45, 7) is 0.351. The van der Waals surface area contributed by atoms with E-state index in [1.165, 1.54) is 0 Å². The highest BCUT2D eigenvalue weighted by Gasteiger charge is 1.88. The van der Waals surface area contributed by atoms with Crippen LogP contribution >= 0.6 is 0 Å². The highest BCUT2D eigenvalue weighted by Crippen LogP contribution is 1.73. The summed E-state index contributed by atoms with van der Waals surface area (Å²) >= 11 is 0. The van der Waals surface area contributed by atoms with Crippen molar-refractivity contribution in [2.24, 2.45) is 10.7 Å². The number of nitrogens with two attached hydrogens (primary N) is 1. The molecule has 0 unspecified atom stereocenters. The Morgan fingerprint density at radius 1 is 1.78 bits per heavy atom. The van der Waals surface area contributed by atoms with Gasteiger partial charge in [-0.1, -0.05) is 5.92 Å². The first kappa shape index (κ1) is 7.83. The minimum Gasteiger partial charge on any atom is -0.370 e. The van der Waals surface area contributed by atoms with Gasteiger partial charge in [0, 0.05) is 14.1 Å². The van der Waals surface area contributed by atoms with Crippen molar-refractivity contribution in [1.82, 2.24) is 4.90 Å². The van der Waals surface area contributed by atoms with Gasteiger partial charge in [0.25, 0.3) is 0 Å². The molecule has 3 heteroatoms. The first-order valence-corrected chi connectivity index (χ1v) is 2.59. The van der Waals surface area contributed by atoms with E-state index in [9.17, 15) is 0 Å². The van der Waals surface area contributed by atoms with E-state index in [1.807, 2.05) is 14.1 Å². The molecule has 0 aliphatic carbocycles. The third kappa shape index (κ3) is 3.42. The monoisotopic (exact) mass is 125 g/mol. The highest BCUT2D eigenvalue weighted by molar-refractivity contribution is 5.77. The molecule has 50 valence electrons. The van der Waals surface area contributed by atoms with Crippen LogP contribution in [0, 0.1) is 12.3 Å². The summed E-state index contributed by atoms with van der Waals surface area (Å²) in [5.41, 5.74) is 5.38. The number of nitrogens with zero attached hydrogens (tertiary/aromatic N) is 2. The molecule has 0 rings (SSSR count). The fourth-order valence-electron chi connectivity index (χ4n) is 0.268. The third-order valence-electron chi connectivity index (χ3n) is 0.791. The van der Waals surface area contributed by atoms with E-state index in [4.69, 9.17) is 12.2 Å². The summed E-state index contributed by atoms with van der Waals surface area (Å²) in [5, 5.41) is 0. The maximum Gasteiger partial charge on any atom is 0.191 e. The molecule has 0 saturated carbocycles. The topological polar surface area (TPSA) is 41.6 Å². The van der Waals surface area contributed by atoms with Gasteiger partial charge in [-0.05, 0) is 0 Å². The summed E-state index contributed by atoms with van der Waals surface area (Å²) in [6.07, 6.45) is 4.95. The Labute approximate surface area is 55.6 Å². The minimum absolute atomic E-state index is 0.351. The van der Waals surface area contributed by atoms with Gasteiger partial charge in [0.1, 0.15) is 6.54 Å². The molecule has 0 amide bonds. The van der Waals surface area contributed by atoms with Gasteiger partial charge in [0.2, 0.25) is 0 Å². The Morgan fingerprint density at radius 2 is 2.33 bits per heavy atom. The second-order valence-electron chi connectivity index (χ2n) is 1.77. The predicted octanol–water partition coefficient (Wildman–Crippen LogP) is -0.504. The van der Waals surface area contributed by atoms with E-state index in [2.05, 4.69) is 10.9 Å².